The van der Waals surface area contributed by atoms with Crippen molar-refractivity contribution in [2.24, 2.45) is 10.7 Å². The van der Waals surface area contributed by atoms with Crippen molar-refractivity contribution in [3.63, 3.8) is 0 Å². The summed E-state index contributed by atoms with van der Waals surface area (Å²) in [4.78, 5) is 29.7. The maximum Gasteiger partial charge on any atom is 0.277 e. The summed E-state index contributed by atoms with van der Waals surface area (Å²) in [5.74, 6) is 0.277. The van der Waals surface area contributed by atoms with E-state index in [1.165, 1.54) is 4.90 Å². The third-order valence-corrected chi connectivity index (χ3v) is 3.76. The molecule has 1 atom stereocenters. The molecule has 0 saturated carbocycles. The highest BCUT2D eigenvalue weighted by atomic mass is 16.5. The second-order valence-corrected chi connectivity index (χ2v) is 5.56. The van der Waals surface area contributed by atoms with Crippen LogP contribution in [-0.4, -0.2) is 34.9 Å². The number of nitrogens with zero attached hydrogens (tertiary/aromatic N) is 3. The van der Waals surface area contributed by atoms with Gasteiger partial charge >= 0.3 is 0 Å². The molecule has 1 unspecified atom stereocenters. The molecule has 2 aromatic rings. The van der Waals surface area contributed by atoms with E-state index in [0.717, 1.165) is 5.56 Å². The lowest BCUT2D eigenvalue weighted by Crippen LogP contribution is -2.42. The number of nitrogens with two attached hydrogens (primary N) is 1. The van der Waals surface area contributed by atoms with Crippen LogP contribution in [0.5, 0.6) is 0 Å². The summed E-state index contributed by atoms with van der Waals surface area (Å²) in [6.45, 7) is 1.71. The number of guanidine groups is 1. The van der Waals surface area contributed by atoms with E-state index in [4.69, 9.17) is 10.3 Å². The molecule has 0 bridgehead atoms. The van der Waals surface area contributed by atoms with Crippen molar-refractivity contribution in [3.05, 3.63) is 47.3 Å². The number of aromatic nitrogens is 1. The van der Waals surface area contributed by atoms with Gasteiger partial charge in [-0.3, -0.25) is 14.5 Å². The van der Waals surface area contributed by atoms with Crippen molar-refractivity contribution in [1.82, 2.24) is 10.1 Å². The first-order valence-corrected chi connectivity index (χ1v) is 7.38. The lowest BCUT2D eigenvalue weighted by Gasteiger charge is -2.25. The fourth-order valence-electron chi connectivity index (χ4n) is 2.41. The summed E-state index contributed by atoms with van der Waals surface area (Å²) < 4.78 is 4.89. The largest absolute Gasteiger partial charge is 0.369 e. The van der Waals surface area contributed by atoms with E-state index in [-0.39, 0.29) is 35.9 Å². The van der Waals surface area contributed by atoms with Crippen molar-refractivity contribution in [2.45, 2.75) is 19.4 Å². The van der Waals surface area contributed by atoms with E-state index in [1.807, 2.05) is 6.07 Å². The number of benzene rings is 1. The molecular weight excluding hydrogens is 310 g/mol. The Morgan fingerprint density at radius 3 is 2.88 bits per heavy atom. The number of rotatable bonds is 3. The molecule has 0 spiro atoms. The van der Waals surface area contributed by atoms with Crippen LogP contribution in [-0.2, 0) is 4.79 Å². The number of aryl methyl sites for hydroxylation is 1. The molecular formula is C16H17N5O3. The SMILES string of the molecule is Cc1cc(C(=O)Nc2cccc(C3CC(=O)N(C)C(N)=N3)c2)no1. The van der Waals surface area contributed by atoms with Gasteiger partial charge in [0.2, 0.25) is 5.91 Å². The minimum atomic E-state index is -0.369. The average molecular weight is 327 g/mol. The molecule has 3 rings (SSSR count). The van der Waals surface area contributed by atoms with Crippen LogP contribution in [0.2, 0.25) is 0 Å². The summed E-state index contributed by atoms with van der Waals surface area (Å²) in [6, 6.07) is 8.34. The Bertz CT molecular complexity index is 827. The number of carbonyl (C=O) groups is 2. The van der Waals surface area contributed by atoms with Crippen molar-refractivity contribution >= 4 is 23.5 Å². The molecule has 1 aliphatic heterocycles. The number of anilines is 1. The zero-order valence-corrected chi connectivity index (χ0v) is 13.3. The van der Waals surface area contributed by atoms with E-state index in [9.17, 15) is 9.59 Å². The van der Waals surface area contributed by atoms with Gasteiger partial charge in [0, 0.05) is 18.8 Å². The number of hydrogen-bond acceptors (Lipinski definition) is 6. The van der Waals surface area contributed by atoms with Gasteiger partial charge in [0.1, 0.15) is 5.76 Å². The fourth-order valence-corrected chi connectivity index (χ4v) is 2.41. The summed E-state index contributed by atoms with van der Waals surface area (Å²) in [6.07, 6.45) is 0.233. The van der Waals surface area contributed by atoms with Gasteiger partial charge in [-0.25, -0.2) is 4.99 Å². The highest BCUT2D eigenvalue weighted by Crippen LogP contribution is 2.27. The Balaban J connectivity index is 1.80. The van der Waals surface area contributed by atoms with Gasteiger partial charge in [-0.05, 0) is 24.6 Å². The fraction of sp³-hybridized carbons (Fsp3) is 0.250. The summed E-state index contributed by atoms with van der Waals surface area (Å²) in [5.41, 5.74) is 7.34. The van der Waals surface area contributed by atoms with Crippen LogP contribution < -0.4 is 11.1 Å². The van der Waals surface area contributed by atoms with Crippen LogP contribution in [0.15, 0.2) is 39.8 Å². The summed E-state index contributed by atoms with van der Waals surface area (Å²) >= 11 is 0. The van der Waals surface area contributed by atoms with Crippen LogP contribution in [0.3, 0.4) is 0 Å². The molecule has 124 valence electrons. The minimum absolute atomic E-state index is 0.0972. The molecule has 0 saturated heterocycles. The predicted octanol–water partition coefficient (Wildman–Crippen LogP) is 1.45. The molecule has 0 aliphatic carbocycles. The van der Waals surface area contributed by atoms with Crippen molar-refractivity contribution in [2.75, 3.05) is 12.4 Å². The van der Waals surface area contributed by atoms with Gasteiger partial charge in [-0.1, -0.05) is 17.3 Å². The third kappa shape index (κ3) is 3.12. The van der Waals surface area contributed by atoms with Crippen molar-refractivity contribution < 1.29 is 14.1 Å². The second-order valence-electron chi connectivity index (χ2n) is 5.56. The molecule has 24 heavy (non-hydrogen) atoms. The molecule has 1 aromatic carbocycles. The van der Waals surface area contributed by atoms with Crippen LogP contribution in [0.25, 0.3) is 0 Å². The molecule has 2 amide bonds. The Hall–Kier alpha value is -3.16. The van der Waals surface area contributed by atoms with E-state index in [1.54, 1.807) is 38.2 Å². The smallest absolute Gasteiger partial charge is 0.277 e. The number of nitrogens with one attached hydrogen (secondary N) is 1. The van der Waals surface area contributed by atoms with Crippen LogP contribution >= 0.6 is 0 Å². The standard InChI is InChI=1S/C16H17N5O3/c1-9-6-13(20-24-9)15(23)18-11-5-3-4-10(7-11)12-8-14(22)21(2)16(17)19-12/h3-7,12H,8H2,1-2H3,(H2,17,19)(H,18,23). The van der Waals surface area contributed by atoms with E-state index in [0.29, 0.717) is 11.4 Å². The lowest BCUT2D eigenvalue weighted by atomic mass is 10.0. The molecule has 0 fully saturated rings. The Labute approximate surface area is 138 Å². The van der Waals surface area contributed by atoms with Crippen LogP contribution in [0, 0.1) is 6.92 Å². The second kappa shape index (κ2) is 6.15. The van der Waals surface area contributed by atoms with Gasteiger partial charge in [0.15, 0.2) is 11.7 Å². The predicted molar refractivity (Wildman–Crippen MR) is 87.4 cm³/mol. The number of amides is 2. The topological polar surface area (TPSA) is 114 Å². The Morgan fingerprint density at radius 2 is 2.21 bits per heavy atom. The lowest BCUT2D eigenvalue weighted by molar-refractivity contribution is -0.127. The zero-order chi connectivity index (χ0) is 17.3. The molecule has 3 N–H and O–H groups in total. The van der Waals surface area contributed by atoms with Gasteiger partial charge < -0.3 is 15.6 Å². The number of aliphatic imine (C=N–C) groups is 1. The molecule has 1 aromatic heterocycles. The Kier molecular flexibility index (Phi) is 4.03. The molecule has 8 nitrogen and oxygen atoms in total. The minimum Gasteiger partial charge on any atom is -0.369 e. The highest BCUT2D eigenvalue weighted by molar-refractivity contribution is 6.03. The third-order valence-electron chi connectivity index (χ3n) is 3.76. The first kappa shape index (κ1) is 15.7. The number of hydrogen-bond donors (Lipinski definition) is 2. The normalized spacial score (nSPS) is 17.6. The first-order valence-electron chi connectivity index (χ1n) is 7.38. The van der Waals surface area contributed by atoms with E-state index in [2.05, 4.69) is 15.5 Å². The molecule has 8 heteroatoms. The zero-order valence-electron chi connectivity index (χ0n) is 13.3. The van der Waals surface area contributed by atoms with Gasteiger partial charge in [0.05, 0.1) is 12.5 Å². The van der Waals surface area contributed by atoms with Crippen LogP contribution in [0.1, 0.15) is 34.3 Å². The molecule has 1 aliphatic rings. The summed E-state index contributed by atoms with van der Waals surface area (Å²) in [7, 11) is 1.59. The van der Waals surface area contributed by atoms with Gasteiger partial charge in [0.25, 0.3) is 5.91 Å². The van der Waals surface area contributed by atoms with E-state index >= 15 is 0 Å². The Morgan fingerprint density at radius 1 is 1.42 bits per heavy atom. The maximum atomic E-state index is 12.1. The average Bonchev–Trinajstić information content (AvgIpc) is 2.99. The molecule has 0 radical (unpaired) electrons. The van der Waals surface area contributed by atoms with Crippen LogP contribution in [0.4, 0.5) is 5.69 Å². The quantitative estimate of drug-likeness (QED) is 0.885. The number of carbonyl (C=O) groups excluding carboxylic acids is 2. The first-order chi connectivity index (χ1) is 11.4. The van der Waals surface area contributed by atoms with Crippen molar-refractivity contribution in [1.29, 1.82) is 0 Å². The monoisotopic (exact) mass is 327 g/mol. The highest BCUT2D eigenvalue weighted by Gasteiger charge is 2.25. The summed E-state index contributed by atoms with van der Waals surface area (Å²) in [5, 5.41) is 6.42. The van der Waals surface area contributed by atoms with E-state index < -0.39 is 0 Å². The maximum absolute atomic E-state index is 12.1. The molecule has 2 heterocycles. The van der Waals surface area contributed by atoms with Gasteiger partial charge in [-0.2, -0.15) is 0 Å². The van der Waals surface area contributed by atoms with Gasteiger partial charge in [-0.15, -0.1) is 0 Å². The van der Waals surface area contributed by atoms with Crippen molar-refractivity contribution in [3.8, 4) is 0 Å².